The van der Waals surface area contributed by atoms with E-state index in [-0.39, 0.29) is 0 Å². The molecule has 0 aromatic carbocycles. The lowest BCUT2D eigenvalue weighted by Crippen LogP contribution is -2.06. The van der Waals surface area contributed by atoms with Gasteiger partial charge in [-0.05, 0) is 12.8 Å². The van der Waals surface area contributed by atoms with E-state index in [9.17, 15) is 9.59 Å². The van der Waals surface area contributed by atoms with Crippen molar-refractivity contribution in [3.63, 3.8) is 0 Å². The van der Waals surface area contributed by atoms with Crippen LogP contribution in [-0.4, -0.2) is 25.2 Å². The quantitative estimate of drug-likeness (QED) is 0.127. The van der Waals surface area contributed by atoms with Gasteiger partial charge in [0.15, 0.2) is 0 Å². The summed E-state index contributed by atoms with van der Waals surface area (Å²) >= 11 is 0. The molecule has 0 amide bonds. The number of carbonyl (C=O) groups is 2. The lowest BCUT2D eigenvalue weighted by atomic mass is 10.1. The van der Waals surface area contributed by atoms with Gasteiger partial charge in [0.2, 0.25) is 0 Å². The van der Waals surface area contributed by atoms with Crippen molar-refractivity contribution in [3.8, 4) is 0 Å². The van der Waals surface area contributed by atoms with Crippen molar-refractivity contribution >= 4 is 11.9 Å². The molecule has 0 aromatic rings. The average Bonchev–Trinajstić information content (AvgIpc) is 2.69. The molecule has 0 unspecified atom stereocenters. The Bertz CT molecular complexity index is 354. The van der Waals surface area contributed by atoms with E-state index in [4.69, 9.17) is 9.47 Å². The SMILES string of the molecule is CCCCCCCCCCOC(=O)/C=C/C(=O)OCCCCCCCCCC. The standard InChI is InChI=1S/C24H44O4/c1-3-5-7-9-11-13-15-17-21-27-23(25)19-20-24(26)28-22-18-16-14-12-10-8-6-4-2/h19-20H,3-18,21-22H2,1-2H3/b20-19+. The van der Waals surface area contributed by atoms with E-state index in [0.717, 1.165) is 25.7 Å². The predicted molar refractivity (Wildman–Crippen MR) is 116 cm³/mol. The van der Waals surface area contributed by atoms with Crippen LogP contribution >= 0.6 is 0 Å². The van der Waals surface area contributed by atoms with Crippen LogP contribution in [0.15, 0.2) is 12.2 Å². The highest BCUT2D eigenvalue weighted by Crippen LogP contribution is 2.09. The van der Waals surface area contributed by atoms with E-state index in [1.54, 1.807) is 0 Å². The minimum absolute atomic E-state index is 0.422. The van der Waals surface area contributed by atoms with Gasteiger partial charge in [-0.25, -0.2) is 9.59 Å². The van der Waals surface area contributed by atoms with Gasteiger partial charge in [-0.3, -0.25) is 0 Å². The highest BCUT2D eigenvalue weighted by atomic mass is 16.5. The summed E-state index contributed by atoms with van der Waals surface area (Å²) in [5.41, 5.74) is 0. The van der Waals surface area contributed by atoms with Crippen molar-refractivity contribution in [3.05, 3.63) is 12.2 Å². The van der Waals surface area contributed by atoms with Crippen LogP contribution in [0.4, 0.5) is 0 Å². The molecule has 0 radical (unpaired) electrons. The molecule has 0 heterocycles. The molecule has 0 saturated heterocycles. The molecule has 28 heavy (non-hydrogen) atoms. The fraction of sp³-hybridized carbons (Fsp3) is 0.833. The van der Waals surface area contributed by atoms with Gasteiger partial charge in [-0.2, -0.15) is 0 Å². The van der Waals surface area contributed by atoms with E-state index in [2.05, 4.69) is 13.8 Å². The van der Waals surface area contributed by atoms with Crippen LogP contribution in [0, 0.1) is 0 Å². The second kappa shape index (κ2) is 22.0. The number of ether oxygens (including phenoxy) is 2. The first-order chi connectivity index (χ1) is 13.7. The lowest BCUT2D eigenvalue weighted by Gasteiger charge is -2.03. The monoisotopic (exact) mass is 396 g/mol. The van der Waals surface area contributed by atoms with Gasteiger partial charge in [0.25, 0.3) is 0 Å². The number of hydrogen-bond donors (Lipinski definition) is 0. The second-order valence-electron chi connectivity index (χ2n) is 7.62. The molecule has 0 atom stereocenters. The maximum atomic E-state index is 11.6. The fourth-order valence-electron chi connectivity index (χ4n) is 3.05. The molecule has 0 aliphatic carbocycles. The third-order valence-corrected chi connectivity index (χ3v) is 4.84. The first-order valence-electron chi connectivity index (χ1n) is 11.7. The topological polar surface area (TPSA) is 52.6 Å². The van der Waals surface area contributed by atoms with Crippen LogP contribution in [0.3, 0.4) is 0 Å². The summed E-state index contributed by atoms with van der Waals surface area (Å²) in [5, 5.41) is 0. The van der Waals surface area contributed by atoms with Crippen molar-refractivity contribution in [1.82, 2.24) is 0 Å². The smallest absolute Gasteiger partial charge is 0.331 e. The Morgan fingerprint density at radius 1 is 0.500 bits per heavy atom. The molecule has 0 aliphatic heterocycles. The highest BCUT2D eigenvalue weighted by molar-refractivity contribution is 5.91. The second-order valence-corrected chi connectivity index (χ2v) is 7.62. The molecule has 0 spiro atoms. The first-order valence-corrected chi connectivity index (χ1v) is 11.7. The molecule has 0 N–H and O–H groups in total. The summed E-state index contributed by atoms with van der Waals surface area (Å²) in [6.07, 6.45) is 21.7. The van der Waals surface area contributed by atoms with E-state index < -0.39 is 11.9 Å². The van der Waals surface area contributed by atoms with Crippen molar-refractivity contribution in [2.75, 3.05) is 13.2 Å². The van der Waals surface area contributed by atoms with Crippen molar-refractivity contribution < 1.29 is 19.1 Å². The maximum absolute atomic E-state index is 11.6. The van der Waals surface area contributed by atoms with E-state index >= 15 is 0 Å². The van der Waals surface area contributed by atoms with Crippen molar-refractivity contribution in [2.24, 2.45) is 0 Å². The Morgan fingerprint density at radius 2 is 0.786 bits per heavy atom. The zero-order valence-electron chi connectivity index (χ0n) is 18.5. The van der Waals surface area contributed by atoms with E-state index in [1.807, 2.05) is 0 Å². The van der Waals surface area contributed by atoms with Crippen molar-refractivity contribution in [1.29, 1.82) is 0 Å². The molecule has 0 aliphatic rings. The molecular formula is C24H44O4. The van der Waals surface area contributed by atoms with Gasteiger partial charge in [0.1, 0.15) is 0 Å². The van der Waals surface area contributed by atoms with Gasteiger partial charge in [0, 0.05) is 12.2 Å². The van der Waals surface area contributed by atoms with Crippen molar-refractivity contribution in [2.45, 2.75) is 117 Å². The minimum atomic E-state index is -0.466. The zero-order chi connectivity index (χ0) is 20.7. The van der Waals surface area contributed by atoms with Gasteiger partial charge < -0.3 is 9.47 Å². The Labute approximate surface area is 173 Å². The number of esters is 2. The maximum Gasteiger partial charge on any atom is 0.331 e. The molecule has 0 bridgehead atoms. The first kappa shape index (κ1) is 26.7. The van der Waals surface area contributed by atoms with Crippen LogP contribution < -0.4 is 0 Å². The molecular weight excluding hydrogens is 352 g/mol. The number of hydrogen-bond acceptors (Lipinski definition) is 4. The van der Waals surface area contributed by atoms with Crippen LogP contribution in [0.25, 0.3) is 0 Å². The van der Waals surface area contributed by atoms with Gasteiger partial charge in [-0.15, -0.1) is 0 Å². The molecule has 4 nitrogen and oxygen atoms in total. The summed E-state index contributed by atoms with van der Waals surface area (Å²) in [6, 6.07) is 0. The Balaban J connectivity index is 3.43. The summed E-state index contributed by atoms with van der Waals surface area (Å²) < 4.78 is 10.2. The molecule has 0 fully saturated rings. The highest BCUT2D eigenvalue weighted by Gasteiger charge is 2.01. The minimum Gasteiger partial charge on any atom is -0.463 e. The fourth-order valence-corrected chi connectivity index (χ4v) is 3.05. The zero-order valence-corrected chi connectivity index (χ0v) is 18.5. The summed E-state index contributed by atoms with van der Waals surface area (Å²) in [7, 11) is 0. The Hall–Kier alpha value is -1.32. The molecule has 0 saturated carbocycles. The summed E-state index contributed by atoms with van der Waals surface area (Å²) in [6.45, 7) is 5.29. The lowest BCUT2D eigenvalue weighted by molar-refractivity contribution is -0.140. The van der Waals surface area contributed by atoms with Crippen LogP contribution in [-0.2, 0) is 19.1 Å². The molecule has 0 aromatic heterocycles. The average molecular weight is 397 g/mol. The predicted octanol–water partition coefficient (Wildman–Crippen LogP) is 6.91. The normalized spacial score (nSPS) is 11.1. The Morgan fingerprint density at radius 3 is 1.11 bits per heavy atom. The van der Waals surface area contributed by atoms with Gasteiger partial charge >= 0.3 is 11.9 Å². The number of carbonyl (C=O) groups excluding carboxylic acids is 2. The third-order valence-electron chi connectivity index (χ3n) is 4.84. The van der Waals surface area contributed by atoms with Crippen LogP contribution in [0.5, 0.6) is 0 Å². The Kier molecular flexibility index (Phi) is 20.9. The van der Waals surface area contributed by atoms with Gasteiger partial charge in [0.05, 0.1) is 13.2 Å². The largest absolute Gasteiger partial charge is 0.463 e. The van der Waals surface area contributed by atoms with Gasteiger partial charge in [-0.1, -0.05) is 104 Å². The molecule has 0 rings (SSSR count). The molecule has 4 heteroatoms. The summed E-state index contributed by atoms with van der Waals surface area (Å²) in [5.74, 6) is -0.932. The third kappa shape index (κ3) is 21.0. The van der Waals surface area contributed by atoms with E-state index in [1.165, 1.54) is 89.2 Å². The molecule has 164 valence electrons. The number of unbranched alkanes of at least 4 members (excludes halogenated alkanes) is 14. The van der Waals surface area contributed by atoms with E-state index in [0.29, 0.717) is 13.2 Å². The number of rotatable bonds is 20. The van der Waals surface area contributed by atoms with Crippen LogP contribution in [0.1, 0.15) is 117 Å². The van der Waals surface area contributed by atoms with Crippen LogP contribution in [0.2, 0.25) is 0 Å². The summed E-state index contributed by atoms with van der Waals surface area (Å²) in [4.78, 5) is 23.1.